The molecular formula is C10H18N4. The van der Waals surface area contributed by atoms with E-state index in [-0.39, 0.29) is 0 Å². The van der Waals surface area contributed by atoms with Crippen LogP contribution in [0.5, 0.6) is 0 Å². The van der Waals surface area contributed by atoms with Gasteiger partial charge in [-0.25, -0.2) is 0 Å². The normalized spacial score (nSPS) is 10.4. The Bertz CT molecular complexity index is 267. The zero-order chi connectivity index (χ0) is 10.2. The standard InChI is InChI=1S/C10H18N4/c1-3-5-6-7-11-8-10-13-12-9-14(10)4-2/h3,9,11H,1,4-8H2,2H3. The highest BCUT2D eigenvalue weighted by atomic mass is 15.3. The molecule has 0 aliphatic carbocycles. The molecule has 4 heteroatoms. The summed E-state index contributed by atoms with van der Waals surface area (Å²) in [5.41, 5.74) is 0. The van der Waals surface area contributed by atoms with E-state index >= 15 is 0 Å². The van der Waals surface area contributed by atoms with Crippen molar-refractivity contribution >= 4 is 0 Å². The zero-order valence-corrected chi connectivity index (χ0v) is 8.74. The van der Waals surface area contributed by atoms with Gasteiger partial charge >= 0.3 is 0 Å². The number of hydrogen-bond donors (Lipinski definition) is 1. The molecular weight excluding hydrogens is 176 g/mol. The number of aryl methyl sites for hydroxylation is 1. The molecule has 0 bridgehead atoms. The van der Waals surface area contributed by atoms with E-state index in [1.807, 2.05) is 10.6 Å². The van der Waals surface area contributed by atoms with Crippen molar-refractivity contribution in [1.82, 2.24) is 20.1 Å². The number of allylic oxidation sites excluding steroid dienone is 1. The lowest BCUT2D eigenvalue weighted by Crippen LogP contribution is -2.17. The molecule has 1 heterocycles. The third kappa shape index (κ3) is 3.30. The first-order valence-electron chi connectivity index (χ1n) is 5.06. The van der Waals surface area contributed by atoms with Crippen molar-refractivity contribution in [2.24, 2.45) is 0 Å². The number of unbranched alkanes of at least 4 members (excludes halogenated alkanes) is 1. The zero-order valence-electron chi connectivity index (χ0n) is 8.74. The van der Waals surface area contributed by atoms with Crippen molar-refractivity contribution in [2.45, 2.75) is 32.9 Å². The van der Waals surface area contributed by atoms with Gasteiger partial charge in [0.15, 0.2) is 0 Å². The van der Waals surface area contributed by atoms with Crippen LogP contribution in [0.2, 0.25) is 0 Å². The molecule has 0 saturated heterocycles. The lowest BCUT2D eigenvalue weighted by atomic mass is 10.3. The van der Waals surface area contributed by atoms with Crippen LogP contribution in [0.25, 0.3) is 0 Å². The minimum Gasteiger partial charge on any atom is -0.317 e. The molecule has 0 unspecified atom stereocenters. The Morgan fingerprint density at radius 1 is 1.64 bits per heavy atom. The van der Waals surface area contributed by atoms with Crippen LogP contribution in [-0.4, -0.2) is 21.3 Å². The van der Waals surface area contributed by atoms with Gasteiger partial charge in [0.2, 0.25) is 0 Å². The predicted molar refractivity (Wildman–Crippen MR) is 56.8 cm³/mol. The summed E-state index contributed by atoms with van der Waals surface area (Å²) in [5.74, 6) is 1.01. The van der Waals surface area contributed by atoms with Crippen molar-refractivity contribution in [2.75, 3.05) is 6.54 Å². The Morgan fingerprint density at radius 3 is 3.21 bits per heavy atom. The highest BCUT2D eigenvalue weighted by Crippen LogP contribution is 1.94. The maximum Gasteiger partial charge on any atom is 0.146 e. The predicted octanol–water partition coefficient (Wildman–Crippen LogP) is 1.35. The van der Waals surface area contributed by atoms with Crippen LogP contribution < -0.4 is 5.32 Å². The van der Waals surface area contributed by atoms with Crippen molar-refractivity contribution in [1.29, 1.82) is 0 Å². The molecule has 1 rings (SSSR count). The minimum absolute atomic E-state index is 0.797. The highest BCUT2D eigenvalue weighted by Gasteiger charge is 2.00. The van der Waals surface area contributed by atoms with Crippen molar-refractivity contribution in [3.8, 4) is 0 Å². The molecule has 1 N–H and O–H groups in total. The van der Waals surface area contributed by atoms with Gasteiger partial charge in [-0.1, -0.05) is 6.08 Å². The third-order valence-corrected chi connectivity index (χ3v) is 2.08. The van der Waals surface area contributed by atoms with Crippen LogP contribution in [-0.2, 0) is 13.1 Å². The topological polar surface area (TPSA) is 42.7 Å². The average Bonchev–Trinajstić information content (AvgIpc) is 2.65. The van der Waals surface area contributed by atoms with E-state index in [1.54, 1.807) is 6.33 Å². The fourth-order valence-electron chi connectivity index (χ4n) is 1.25. The molecule has 0 aliphatic rings. The Labute approximate surface area is 85.0 Å². The maximum atomic E-state index is 4.04. The summed E-state index contributed by atoms with van der Waals surface area (Å²) in [6, 6.07) is 0. The quantitative estimate of drug-likeness (QED) is 0.526. The molecule has 0 radical (unpaired) electrons. The van der Waals surface area contributed by atoms with E-state index in [1.165, 1.54) is 0 Å². The molecule has 0 atom stereocenters. The fraction of sp³-hybridized carbons (Fsp3) is 0.600. The van der Waals surface area contributed by atoms with Gasteiger partial charge in [0.25, 0.3) is 0 Å². The summed E-state index contributed by atoms with van der Waals surface area (Å²) in [5, 5.41) is 11.2. The summed E-state index contributed by atoms with van der Waals surface area (Å²) in [6.07, 6.45) is 5.90. The molecule has 4 nitrogen and oxygen atoms in total. The van der Waals surface area contributed by atoms with Gasteiger partial charge in [-0.15, -0.1) is 16.8 Å². The number of nitrogens with one attached hydrogen (secondary N) is 1. The summed E-state index contributed by atoms with van der Waals surface area (Å²) < 4.78 is 2.04. The third-order valence-electron chi connectivity index (χ3n) is 2.08. The molecule has 0 aromatic carbocycles. The van der Waals surface area contributed by atoms with Crippen LogP contribution in [0, 0.1) is 0 Å². The van der Waals surface area contributed by atoms with E-state index in [4.69, 9.17) is 0 Å². The molecule has 78 valence electrons. The van der Waals surface area contributed by atoms with E-state index in [0.717, 1.165) is 38.3 Å². The Kier molecular flexibility index (Phi) is 4.93. The van der Waals surface area contributed by atoms with Crippen LogP contribution in [0.15, 0.2) is 19.0 Å². The second-order valence-corrected chi connectivity index (χ2v) is 3.14. The lowest BCUT2D eigenvalue weighted by Gasteiger charge is -2.04. The molecule has 0 aliphatic heterocycles. The number of rotatable bonds is 7. The van der Waals surface area contributed by atoms with Crippen molar-refractivity contribution in [3.63, 3.8) is 0 Å². The first kappa shape index (κ1) is 10.9. The van der Waals surface area contributed by atoms with Gasteiger partial charge in [-0.3, -0.25) is 0 Å². The molecule has 1 aromatic heterocycles. The summed E-state index contributed by atoms with van der Waals surface area (Å²) in [6.45, 7) is 8.50. The van der Waals surface area contributed by atoms with Gasteiger partial charge in [-0.2, -0.15) is 0 Å². The Morgan fingerprint density at radius 2 is 2.50 bits per heavy atom. The molecule has 14 heavy (non-hydrogen) atoms. The van der Waals surface area contributed by atoms with E-state index in [2.05, 4.69) is 29.0 Å². The molecule has 0 spiro atoms. The van der Waals surface area contributed by atoms with Crippen LogP contribution in [0.3, 0.4) is 0 Å². The summed E-state index contributed by atoms with van der Waals surface area (Å²) in [7, 11) is 0. The monoisotopic (exact) mass is 194 g/mol. The second-order valence-electron chi connectivity index (χ2n) is 3.14. The van der Waals surface area contributed by atoms with Crippen molar-refractivity contribution < 1.29 is 0 Å². The van der Waals surface area contributed by atoms with Gasteiger partial charge in [0, 0.05) is 6.54 Å². The van der Waals surface area contributed by atoms with Crippen LogP contribution in [0.1, 0.15) is 25.6 Å². The second kappa shape index (κ2) is 6.32. The Balaban J connectivity index is 2.20. The summed E-state index contributed by atoms with van der Waals surface area (Å²) >= 11 is 0. The summed E-state index contributed by atoms with van der Waals surface area (Å²) in [4.78, 5) is 0. The number of hydrogen-bond acceptors (Lipinski definition) is 3. The van der Waals surface area contributed by atoms with Gasteiger partial charge in [0.1, 0.15) is 12.2 Å². The van der Waals surface area contributed by atoms with Crippen LogP contribution >= 0.6 is 0 Å². The number of nitrogens with zero attached hydrogens (tertiary/aromatic N) is 3. The van der Waals surface area contributed by atoms with Gasteiger partial charge in [0.05, 0.1) is 6.54 Å². The van der Waals surface area contributed by atoms with Gasteiger partial charge in [-0.05, 0) is 26.3 Å². The average molecular weight is 194 g/mol. The smallest absolute Gasteiger partial charge is 0.146 e. The Hall–Kier alpha value is -1.16. The molecule has 0 amide bonds. The van der Waals surface area contributed by atoms with Crippen molar-refractivity contribution in [3.05, 3.63) is 24.8 Å². The maximum absolute atomic E-state index is 4.04. The number of aromatic nitrogens is 3. The molecule has 0 fully saturated rings. The SMILES string of the molecule is C=CCCCNCc1nncn1CC. The molecule has 0 saturated carbocycles. The van der Waals surface area contributed by atoms with Crippen LogP contribution in [0.4, 0.5) is 0 Å². The lowest BCUT2D eigenvalue weighted by molar-refractivity contribution is 0.598. The first-order valence-corrected chi connectivity index (χ1v) is 5.06. The van der Waals surface area contributed by atoms with E-state index < -0.39 is 0 Å². The van der Waals surface area contributed by atoms with E-state index in [9.17, 15) is 0 Å². The minimum atomic E-state index is 0.797. The fourth-order valence-corrected chi connectivity index (χ4v) is 1.25. The highest BCUT2D eigenvalue weighted by molar-refractivity contribution is 4.84. The first-order chi connectivity index (χ1) is 6.88. The van der Waals surface area contributed by atoms with E-state index in [0.29, 0.717) is 0 Å². The van der Waals surface area contributed by atoms with Gasteiger partial charge < -0.3 is 9.88 Å². The molecule has 1 aromatic rings. The largest absolute Gasteiger partial charge is 0.317 e.